The number of fused-ring (bicyclic) bond motifs is 1. The lowest BCUT2D eigenvalue weighted by molar-refractivity contribution is -0.128. The van der Waals surface area contributed by atoms with Gasteiger partial charge in [0, 0.05) is 56.6 Å². The van der Waals surface area contributed by atoms with Crippen LogP contribution in [0, 0.1) is 0 Å². The Morgan fingerprint density at radius 3 is 2.53 bits per heavy atom. The number of hydrogen-bond donors (Lipinski definition) is 3. The SMILES string of the molecule is CC(=O)NC(Cc1c[nH]c2ccccc12)C(=O)NCc1ccccc1CN1CCOCC1. The number of aromatic amines is 1. The van der Waals surface area contributed by atoms with Crippen molar-refractivity contribution in [2.75, 3.05) is 26.3 Å². The van der Waals surface area contributed by atoms with Crippen LogP contribution in [-0.2, 0) is 33.8 Å². The van der Waals surface area contributed by atoms with E-state index in [1.165, 1.54) is 12.5 Å². The molecule has 0 spiro atoms. The molecule has 0 aliphatic carbocycles. The van der Waals surface area contributed by atoms with Gasteiger partial charge in [0.15, 0.2) is 0 Å². The average Bonchev–Trinajstić information content (AvgIpc) is 3.21. The summed E-state index contributed by atoms with van der Waals surface area (Å²) in [5, 5.41) is 6.91. The highest BCUT2D eigenvalue weighted by Crippen LogP contribution is 2.19. The summed E-state index contributed by atoms with van der Waals surface area (Å²) in [7, 11) is 0. The van der Waals surface area contributed by atoms with Gasteiger partial charge in [-0.15, -0.1) is 0 Å². The highest BCUT2D eigenvalue weighted by atomic mass is 16.5. The Morgan fingerprint density at radius 2 is 1.75 bits per heavy atom. The largest absolute Gasteiger partial charge is 0.379 e. The Morgan fingerprint density at radius 1 is 1.03 bits per heavy atom. The number of aromatic nitrogens is 1. The summed E-state index contributed by atoms with van der Waals surface area (Å²) in [6.45, 7) is 6.03. The first-order chi connectivity index (χ1) is 15.6. The summed E-state index contributed by atoms with van der Waals surface area (Å²) in [6.07, 6.45) is 2.33. The Balaban J connectivity index is 1.43. The molecule has 7 heteroatoms. The van der Waals surface area contributed by atoms with E-state index in [9.17, 15) is 9.59 Å². The lowest BCUT2D eigenvalue weighted by Gasteiger charge is -2.27. The molecule has 32 heavy (non-hydrogen) atoms. The second-order valence-electron chi connectivity index (χ2n) is 8.19. The van der Waals surface area contributed by atoms with Crippen LogP contribution in [0.2, 0.25) is 0 Å². The molecule has 7 nitrogen and oxygen atoms in total. The fourth-order valence-electron chi connectivity index (χ4n) is 4.16. The molecule has 2 aromatic carbocycles. The number of morpholine rings is 1. The van der Waals surface area contributed by atoms with Crippen molar-refractivity contribution in [3.8, 4) is 0 Å². The topological polar surface area (TPSA) is 86.5 Å². The smallest absolute Gasteiger partial charge is 0.243 e. The number of carbonyl (C=O) groups is 2. The van der Waals surface area contributed by atoms with Crippen molar-refractivity contribution in [2.45, 2.75) is 32.5 Å². The Labute approximate surface area is 188 Å². The number of nitrogens with zero attached hydrogens (tertiary/aromatic N) is 1. The second kappa shape index (κ2) is 10.4. The second-order valence-corrected chi connectivity index (χ2v) is 8.19. The monoisotopic (exact) mass is 434 g/mol. The van der Waals surface area contributed by atoms with Crippen LogP contribution in [-0.4, -0.2) is 54.0 Å². The number of ether oxygens (including phenoxy) is 1. The van der Waals surface area contributed by atoms with Crippen molar-refractivity contribution in [1.82, 2.24) is 20.5 Å². The van der Waals surface area contributed by atoms with Gasteiger partial charge in [-0.1, -0.05) is 42.5 Å². The first-order valence-corrected chi connectivity index (χ1v) is 11.1. The molecule has 1 aliphatic heterocycles. The van der Waals surface area contributed by atoms with Gasteiger partial charge in [0.05, 0.1) is 13.2 Å². The van der Waals surface area contributed by atoms with Gasteiger partial charge in [-0.3, -0.25) is 14.5 Å². The minimum atomic E-state index is -0.641. The van der Waals surface area contributed by atoms with Crippen molar-refractivity contribution in [1.29, 1.82) is 0 Å². The predicted octanol–water partition coefficient (Wildman–Crippen LogP) is 2.36. The molecule has 1 aliphatic rings. The minimum Gasteiger partial charge on any atom is -0.379 e. The van der Waals surface area contributed by atoms with Gasteiger partial charge in [0.25, 0.3) is 0 Å². The van der Waals surface area contributed by atoms with Crippen LogP contribution in [0.1, 0.15) is 23.6 Å². The molecule has 1 atom stereocenters. The van der Waals surface area contributed by atoms with Gasteiger partial charge >= 0.3 is 0 Å². The Hall–Kier alpha value is -3.16. The number of hydrogen-bond acceptors (Lipinski definition) is 4. The van der Waals surface area contributed by atoms with E-state index in [4.69, 9.17) is 4.74 Å². The zero-order valence-corrected chi connectivity index (χ0v) is 18.4. The van der Waals surface area contributed by atoms with Crippen LogP contribution in [0.4, 0.5) is 0 Å². The summed E-state index contributed by atoms with van der Waals surface area (Å²) in [4.78, 5) is 30.4. The molecular weight excluding hydrogens is 404 g/mol. The molecule has 0 radical (unpaired) electrons. The van der Waals surface area contributed by atoms with E-state index in [0.29, 0.717) is 13.0 Å². The summed E-state index contributed by atoms with van der Waals surface area (Å²) >= 11 is 0. The van der Waals surface area contributed by atoms with E-state index in [0.717, 1.165) is 54.9 Å². The van der Waals surface area contributed by atoms with Crippen LogP contribution in [0.25, 0.3) is 10.9 Å². The molecule has 1 fully saturated rings. The third kappa shape index (κ3) is 5.55. The van der Waals surface area contributed by atoms with Crippen molar-refractivity contribution < 1.29 is 14.3 Å². The Kier molecular flexibility index (Phi) is 7.19. The van der Waals surface area contributed by atoms with Crippen molar-refractivity contribution >= 4 is 22.7 Å². The highest BCUT2D eigenvalue weighted by molar-refractivity contribution is 5.89. The number of benzene rings is 2. The third-order valence-electron chi connectivity index (χ3n) is 5.86. The average molecular weight is 435 g/mol. The van der Waals surface area contributed by atoms with E-state index >= 15 is 0 Å². The number of nitrogens with one attached hydrogen (secondary N) is 3. The van der Waals surface area contributed by atoms with E-state index in [-0.39, 0.29) is 11.8 Å². The summed E-state index contributed by atoms with van der Waals surface area (Å²) in [5.41, 5.74) is 4.30. The normalized spacial score (nSPS) is 15.4. The number of H-pyrrole nitrogens is 1. The maximum Gasteiger partial charge on any atom is 0.243 e. The molecule has 3 N–H and O–H groups in total. The molecule has 3 aromatic rings. The van der Waals surface area contributed by atoms with Gasteiger partial charge in [-0.05, 0) is 22.8 Å². The third-order valence-corrected chi connectivity index (χ3v) is 5.86. The van der Waals surface area contributed by atoms with Crippen molar-refractivity contribution in [3.63, 3.8) is 0 Å². The zero-order chi connectivity index (χ0) is 22.3. The molecule has 1 saturated heterocycles. The fourth-order valence-corrected chi connectivity index (χ4v) is 4.16. The van der Waals surface area contributed by atoms with Crippen molar-refractivity contribution in [3.05, 3.63) is 71.4 Å². The lowest BCUT2D eigenvalue weighted by Crippen LogP contribution is -2.47. The van der Waals surface area contributed by atoms with Gasteiger partial charge in [-0.2, -0.15) is 0 Å². The van der Waals surface area contributed by atoms with Crippen LogP contribution in [0.15, 0.2) is 54.7 Å². The number of rotatable bonds is 8. The molecule has 0 saturated carbocycles. The number of amides is 2. The molecule has 0 bridgehead atoms. The molecule has 2 amide bonds. The summed E-state index contributed by atoms with van der Waals surface area (Å²) in [6, 6.07) is 15.5. The summed E-state index contributed by atoms with van der Waals surface area (Å²) < 4.78 is 5.44. The molecule has 1 aromatic heterocycles. The van der Waals surface area contributed by atoms with Gasteiger partial charge in [0.1, 0.15) is 6.04 Å². The van der Waals surface area contributed by atoms with Gasteiger partial charge < -0.3 is 20.4 Å². The van der Waals surface area contributed by atoms with Gasteiger partial charge in [-0.25, -0.2) is 0 Å². The van der Waals surface area contributed by atoms with E-state index < -0.39 is 6.04 Å². The minimum absolute atomic E-state index is 0.188. The number of para-hydroxylation sites is 1. The van der Waals surface area contributed by atoms with E-state index in [1.807, 2.05) is 48.7 Å². The van der Waals surface area contributed by atoms with Crippen LogP contribution in [0.5, 0.6) is 0 Å². The lowest BCUT2D eigenvalue weighted by atomic mass is 10.0. The maximum atomic E-state index is 13.1. The van der Waals surface area contributed by atoms with Crippen LogP contribution >= 0.6 is 0 Å². The van der Waals surface area contributed by atoms with Gasteiger partial charge in [0.2, 0.25) is 11.8 Å². The molecule has 4 rings (SSSR count). The molecular formula is C25H30N4O3. The van der Waals surface area contributed by atoms with Crippen molar-refractivity contribution in [2.24, 2.45) is 0 Å². The predicted molar refractivity (Wildman–Crippen MR) is 124 cm³/mol. The fraction of sp³-hybridized carbons (Fsp3) is 0.360. The molecule has 1 unspecified atom stereocenters. The number of carbonyl (C=O) groups excluding carboxylic acids is 2. The molecule has 2 heterocycles. The van der Waals surface area contributed by atoms with E-state index in [2.05, 4.69) is 26.6 Å². The quantitative estimate of drug-likeness (QED) is 0.508. The van der Waals surface area contributed by atoms with Crippen LogP contribution < -0.4 is 10.6 Å². The zero-order valence-electron chi connectivity index (χ0n) is 18.4. The molecule has 168 valence electrons. The standard InChI is InChI=1S/C25H30N4O3/c1-18(30)28-24(14-21-16-26-23-9-5-4-8-22(21)23)25(31)27-15-19-6-2-3-7-20(19)17-29-10-12-32-13-11-29/h2-9,16,24,26H,10-15,17H2,1H3,(H,27,31)(H,28,30). The van der Waals surface area contributed by atoms with E-state index in [1.54, 1.807) is 0 Å². The first-order valence-electron chi connectivity index (χ1n) is 11.1. The maximum absolute atomic E-state index is 13.1. The first kappa shape index (κ1) is 22.0. The summed E-state index contributed by atoms with van der Waals surface area (Å²) in [5.74, 6) is -0.413. The van der Waals surface area contributed by atoms with Crippen LogP contribution in [0.3, 0.4) is 0 Å². The highest BCUT2D eigenvalue weighted by Gasteiger charge is 2.22. The Bertz CT molecular complexity index is 1070.